The van der Waals surface area contributed by atoms with E-state index in [4.69, 9.17) is 0 Å². The number of hydrogen-bond acceptors (Lipinski definition) is 2. The summed E-state index contributed by atoms with van der Waals surface area (Å²) < 4.78 is 12.8. The van der Waals surface area contributed by atoms with Crippen LogP contribution >= 0.6 is 15.9 Å². The van der Waals surface area contributed by atoms with Crippen LogP contribution in [0.15, 0.2) is 33.6 Å². The minimum absolute atomic E-state index is 0.449. The van der Waals surface area contributed by atoms with Crippen molar-refractivity contribution in [3.8, 4) is 0 Å². The Morgan fingerprint density at radius 1 is 1.47 bits per heavy atom. The summed E-state index contributed by atoms with van der Waals surface area (Å²) in [6.45, 7) is 4.96. The maximum Gasteiger partial charge on any atom is 0.0542 e. The van der Waals surface area contributed by atoms with Crippen molar-refractivity contribution in [3.05, 3.63) is 28.7 Å². The van der Waals surface area contributed by atoms with Crippen molar-refractivity contribution >= 4 is 26.7 Å². The molecule has 0 spiro atoms. The largest absolute Gasteiger partial charge is 0.314 e. The van der Waals surface area contributed by atoms with E-state index in [2.05, 4.69) is 35.1 Å². The quantitative estimate of drug-likeness (QED) is 0.903. The van der Waals surface area contributed by atoms with Crippen molar-refractivity contribution in [1.29, 1.82) is 0 Å². The van der Waals surface area contributed by atoms with Crippen LogP contribution in [-0.4, -0.2) is 22.5 Å². The summed E-state index contributed by atoms with van der Waals surface area (Å²) in [5, 5.41) is 3.26. The van der Waals surface area contributed by atoms with Gasteiger partial charge in [0.05, 0.1) is 10.8 Å². The van der Waals surface area contributed by atoms with Gasteiger partial charge in [0.25, 0.3) is 0 Å². The van der Waals surface area contributed by atoms with E-state index in [-0.39, 0.29) is 0 Å². The molecule has 84 valence electrons. The molecule has 1 rings (SSSR count). The van der Waals surface area contributed by atoms with Gasteiger partial charge in [-0.15, -0.1) is 0 Å². The van der Waals surface area contributed by atoms with Crippen LogP contribution in [0, 0.1) is 0 Å². The lowest BCUT2D eigenvalue weighted by Gasteiger charge is -2.07. The molecule has 0 aromatic heterocycles. The molecule has 0 amide bonds. The highest BCUT2D eigenvalue weighted by molar-refractivity contribution is 9.10. The van der Waals surface area contributed by atoms with Crippen molar-refractivity contribution in [2.24, 2.45) is 0 Å². The van der Waals surface area contributed by atoms with Gasteiger partial charge in [-0.3, -0.25) is 4.21 Å². The third-order valence-electron chi connectivity index (χ3n) is 1.90. The van der Waals surface area contributed by atoms with E-state index >= 15 is 0 Å². The van der Waals surface area contributed by atoms with Crippen molar-refractivity contribution in [3.63, 3.8) is 0 Å². The van der Waals surface area contributed by atoms with Gasteiger partial charge in [0.15, 0.2) is 0 Å². The molecule has 0 heterocycles. The average Bonchev–Trinajstić information content (AvgIpc) is 2.17. The van der Waals surface area contributed by atoms with E-state index in [1.165, 1.54) is 0 Å². The van der Waals surface area contributed by atoms with E-state index in [0.717, 1.165) is 15.9 Å². The smallest absolute Gasteiger partial charge is 0.0542 e. The first-order valence-electron chi connectivity index (χ1n) is 4.97. The van der Waals surface area contributed by atoms with E-state index < -0.39 is 10.8 Å². The van der Waals surface area contributed by atoms with Gasteiger partial charge in [0, 0.05) is 27.7 Å². The summed E-state index contributed by atoms with van der Waals surface area (Å²) >= 11 is 3.37. The lowest BCUT2D eigenvalue weighted by molar-refractivity contribution is 0.610. The number of halogens is 1. The predicted octanol–water partition coefficient (Wildman–Crippen LogP) is 2.55. The second-order valence-electron chi connectivity index (χ2n) is 3.62. The molecule has 2 nitrogen and oxygen atoms in total. The number of benzene rings is 1. The van der Waals surface area contributed by atoms with Gasteiger partial charge in [0.1, 0.15) is 0 Å². The van der Waals surface area contributed by atoms with Gasteiger partial charge >= 0.3 is 0 Å². The molecule has 0 bridgehead atoms. The van der Waals surface area contributed by atoms with Gasteiger partial charge in [-0.1, -0.05) is 35.8 Å². The lowest BCUT2D eigenvalue weighted by Crippen LogP contribution is -2.27. The van der Waals surface area contributed by atoms with Crippen LogP contribution < -0.4 is 5.32 Å². The van der Waals surface area contributed by atoms with Crippen LogP contribution in [0.1, 0.15) is 13.8 Å². The van der Waals surface area contributed by atoms with Crippen LogP contribution in [-0.2, 0) is 10.8 Å². The SMILES string of the molecule is CC(C)NCCS(=O)c1cccc(Br)c1. The van der Waals surface area contributed by atoms with Gasteiger partial charge in [0.2, 0.25) is 0 Å². The van der Waals surface area contributed by atoms with Crippen LogP contribution in [0.4, 0.5) is 0 Å². The Kier molecular flexibility index (Phi) is 5.50. The van der Waals surface area contributed by atoms with Crippen LogP contribution in [0.2, 0.25) is 0 Å². The Labute approximate surface area is 102 Å². The molecule has 0 aliphatic heterocycles. The Bertz CT molecular complexity index is 341. The first kappa shape index (κ1) is 12.9. The van der Waals surface area contributed by atoms with Crippen LogP contribution in [0.25, 0.3) is 0 Å². The van der Waals surface area contributed by atoms with E-state index in [0.29, 0.717) is 11.8 Å². The zero-order chi connectivity index (χ0) is 11.3. The molecule has 0 fully saturated rings. The van der Waals surface area contributed by atoms with E-state index in [9.17, 15) is 4.21 Å². The lowest BCUT2D eigenvalue weighted by atomic mass is 10.4. The highest BCUT2D eigenvalue weighted by atomic mass is 79.9. The minimum Gasteiger partial charge on any atom is -0.314 e. The summed E-state index contributed by atoms with van der Waals surface area (Å²) in [6, 6.07) is 8.10. The second kappa shape index (κ2) is 6.40. The Hall–Kier alpha value is -0.190. The summed E-state index contributed by atoms with van der Waals surface area (Å²) in [7, 11) is -0.903. The van der Waals surface area contributed by atoms with Crippen molar-refractivity contribution < 1.29 is 4.21 Å². The molecule has 1 unspecified atom stereocenters. The second-order valence-corrected chi connectivity index (χ2v) is 6.10. The molecule has 4 heteroatoms. The Morgan fingerprint density at radius 2 is 2.20 bits per heavy atom. The fraction of sp³-hybridized carbons (Fsp3) is 0.455. The van der Waals surface area contributed by atoms with E-state index in [1.807, 2.05) is 24.3 Å². The minimum atomic E-state index is -0.903. The van der Waals surface area contributed by atoms with E-state index in [1.54, 1.807) is 0 Å². The maximum absolute atomic E-state index is 11.8. The topological polar surface area (TPSA) is 29.1 Å². The summed E-state index contributed by atoms with van der Waals surface area (Å²) in [5.74, 6) is 0.661. The normalized spacial score (nSPS) is 13.1. The molecule has 1 aromatic carbocycles. The molecule has 0 saturated carbocycles. The van der Waals surface area contributed by atoms with Gasteiger partial charge in [-0.05, 0) is 18.2 Å². The molecular formula is C11H16BrNOS. The zero-order valence-electron chi connectivity index (χ0n) is 9.00. The van der Waals surface area contributed by atoms with Gasteiger partial charge in [-0.2, -0.15) is 0 Å². The fourth-order valence-corrected chi connectivity index (χ4v) is 2.75. The predicted molar refractivity (Wildman–Crippen MR) is 68.6 cm³/mol. The van der Waals surface area contributed by atoms with Crippen molar-refractivity contribution in [2.75, 3.05) is 12.3 Å². The van der Waals surface area contributed by atoms with Crippen molar-refractivity contribution in [1.82, 2.24) is 5.32 Å². The molecule has 0 aliphatic carbocycles. The van der Waals surface area contributed by atoms with Crippen LogP contribution in [0.5, 0.6) is 0 Å². The first-order valence-corrected chi connectivity index (χ1v) is 7.08. The van der Waals surface area contributed by atoms with Crippen molar-refractivity contribution in [2.45, 2.75) is 24.8 Å². The summed E-state index contributed by atoms with van der Waals surface area (Å²) in [4.78, 5) is 0.884. The van der Waals surface area contributed by atoms with Gasteiger partial charge < -0.3 is 5.32 Å². The highest BCUT2D eigenvalue weighted by Gasteiger charge is 2.03. The third kappa shape index (κ3) is 4.91. The zero-order valence-corrected chi connectivity index (χ0v) is 11.4. The highest BCUT2D eigenvalue weighted by Crippen LogP contribution is 2.14. The molecule has 0 aliphatic rings. The molecular weight excluding hydrogens is 274 g/mol. The monoisotopic (exact) mass is 289 g/mol. The number of rotatable bonds is 5. The number of nitrogens with one attached hydrogen (secondary N) is 1. The average molecular weight is 290 g/mol. The molecule has 0 saturated heterocycles. The Morgan fingerprint density at radius 3 is 2.80 bits per heavy atom. The standard InChI is InChI=1S/C11H16BrNOS/c1-9(2)13-6-7-15(14)11-5-3-4-10(12)8-11/h3-5,8-9,13H,6-7H2,1-2H3. The summed E-state index contributed by atoms with van der Waals surface area (Å²) in [5.41, 5.74) is 0. The number of hydrogen-bond donors (Lipinski definition) is 1. The Balaban J connectivity index is 2.47. The molecule has 0 radical (unpaired) electrons. The van der Waals surface area contributed by atoms with Crippen LogP contribution in [0.3, 0.4) is 0 Å². The molecule has 15 heavy (non-hydrogen) atoms. The molecule has 1 aromatic rings. The molecule has 1 N–H and O–H groups in total. The van der Waals surface area contributed by atoms with Gasteiger partial charge in [-0.25, -0.2) is 0 Å². The first-order chi connectivity index (χ1) is 7.09. The molecule has 1 atom stereocenters. The summed E-state index contributed by atoms with van der Waals surface area (Å²) in [6.07, 6.45) is 0. The third-order valence-corrected chi connectivity index (χ3v) is 3.75. The maximum atomic E-state index is 11.8. The fourth-order valence-electron chi connectivity index (χ4n) is 1.17.